The minimum absolute atomic E-state index is 0.00919. The van der Waals surface area contributed by atoms with E-state index in [1.807, 2.05) is 0 Å². The summed E-state index contributed by atoms with van der Waals surface area (Å²) in [5.74, 6) is 0.859. The molecule has 2 heteroatoms. The summed E-state index contributed by atoms with van der Waals surface area (Å²) in [5.41, 5.74) is 6.97. The van der Waals surface area contributed by atoms with Crippen LogP contribution in [0, 0.1) is 16.7 Å². The summed E-state index contributed by atoms with van der Waals surface area (Å²) in [6.45, 7) is 8.13. The van der Waals surface area contributed by atoms with Crippen LogP contribution in [0.4, 0.5) is 0 Å². The Morgan fingerprint density at radius 3 is 2.10 bits per heavy atom. The van der Waals surface area contributed by atoms with Crippen molar-refractivity contribution in [1.82, 2.24) is 0 Å². The van der Waals surface area contributed by atoms with Crippen molar-refractivity contribution >= 4 is 0 Å². The predicted octanol–water partition coefficient (Wildman–Crippen LogP) is 4.27. The Labute approximate surface area is 124 Å². The lowest BCUT2D eigenvalue weighted by atomic mass is 9.70. The highest BCUT2D eigenvalue weighted by Crippen LogP contribution is 2.66. The van der Waals surface area contributed by atoms with Crippen LogP contribution in [0.3, 0.4) is 0 Å². The van der Waals surface area contributed by atoms with E-state index < -0.39 is 0 Å². The van der Waals surface area contributed by atoms with Gasteiger partial charge in [0.05, 0.1) is 11.7 Å². The highest BCUT2D eigenvalue weighted by molar-refractivity contribution is 5.11. The maximum atomic E-state index is 6.82. The molecule has 0 amide bonds. The van der Waals surface area contributed by atoms with Crippen LogP contribution in [0.15, 0.2) is 0 Å². The Morgan fingerprint density at radius 2 is 1.65 bits per heavy atom. The average molecular weight is 279 g/mol. The molecule has 3 fully saturated rings. The largest absolute Gasteiger partial charge is 0.370 e. The Kier molecular flexibility index (Phi) is 3.70. The molecule has 3 rings (SSSR count). The Hall–Kier alpha value is -0.0800. The lowest BCUT2D eigenvalue weighted by Gasteiger charge is -2.44. The first-order chi connectivity index (χ1) is 9.44. The average Bonchev–Trinajstić information content (AvgIpc) is 2.69. The van der Waals surface area contributed by atoms with Gasteiger partial charge in [-0.3, -0.25) is 0 Å². The highest BCUT2D eigenvalue weighted by atomic mass is 16.5. The van der Waals surface area contributed by atoms with E-state index >= 15 is 0 Å². The highest BCUT2D eigenvalue weighted by Gasteiger charge is 2.62. The summed E-state index contributed by atoms with van der Waals surface area (Å²) in [7, 11) is 0. The molecule has 0 aromatic carbocycles. The molecule has 0 aromatic rings. The normalized spacial score (nSPS) is 42.6. The lowest BCUT2D eigenvalue weighted by molar-refractivity contribution is -0.145. The molecule has 3 aliphatic carbocycles. The summed E-state index contributed by atoms with van der Waals surface area (Å²) in [6, 6.07) is 0. The van der Waals surface area contributed by atoms with Gasteiger partial charge in [-0.25, -0.2) is 0 Å². The molecule has 3 unspecified atom stereocenters. The summed E-state index contributed by atoms with van der Waals surface area (Å²) in [6.07, 6.45) is 12.1. The van der Waals surface area contributed by atoms with Crippen LogP contribution in [0.1, 0.15) is 78.6 Å². The fourth-order valence-electron chi connectivity index (χ4n) is 5.35. The van der Waals surface area contributed by atoms with E-state index in [4.69, 9.17) is 10.5 Å². The summed E-state index contributed by atoms with van der Waals surface area (Å²) in [4.78, 5) is 0. The zero-order valence-electron chi connectivity index (χ0n) is 13.7. The van der Waals surface area contributed by atoms with E-state index in [0.29, 0.717) is 23.5 Å². The Bertz CT molecular complexity index is 356. The van der Waals surface area contributed by atoms with Gasteiger partial charge in [-0.05, 0) is 48.9 Å². The van der Waals surface area contributed by atoms with Crippen LogP contribution >= 0.6 is 0 Å². The van der Waals surface area contributed by atoms with Crippen molar-refractivity contribution in [2.75, 3.05) is 6.54 Å². The van der Waals surface area contributed by atoms with Crippen LogP contribution in [0.25, 0.3) is 0 Å². The van der Waals surface area contributed by atoms with Crippen LogP contribution in [-0.2, 0) is 4.74 Å². The third kappa shape index (κ3) is 2.06. The number of rotatable bonds is 3. The van der Waals surface area contributed by atoms with E-state index in [-0.39, 0.29) is 5.60 Å². The van der Waals surface area contributed by atoms with Gasteiger partial charge in [0.15, 0.2) is 0 Å². The smallest absolute Gasteiger partial charge is 0.0808 e. The number of ether oxygens (including phenoxy) is 1. The quantitative estimate of drug-likeness (QED) is 0.783. The van der Waals surface area contributed by atoms with Gasteiger partial charge in [0.25, 0.3) is 0 Å². The molecule has 0 saturated heterocycles. The topological polar surface area (TPSA) is 35.2 Å². The maximum absolute atomic E-state index is 6.82. The van der Waals surface area contributed by atoms with Crippen molar-refractivity contribution in [3.05, 3.63) is 0 Å². The van der Waals surface area contributed by atoms with Crippen LogP contribution in [-0.4, -0.2) is 18.2 Å². The predicted molar refractivity (Wildman–Crippen MR) is 83.6 cm³/mol. The first kappa shape index (κ1) is 14.8. The molecule has 0 aromatic heterocycles. The second-order valence-electron chi connectivity index (χ2n) is 8.52. The van der Waals surface area contributed by atoms with E-state index in [0.717, 1.165) is 5.92 Å². The zero-order chi connectivity index (χ0) is 14.4. The molecular formula is C18H33NO. The molecule has 2 nitrogen and oxygen atoms in total. The summed E-state index contributed by atoms with van der Waals surface area (Å²) >= 11 is 0. The van der Waals surface area contributed by atoms with Gasteiger partial charge in [-0.1, -0.05) is 46.5 Å². The van der Waals surface area contributed by atoms with E-state index in [2.05, 4.69) is 20.8 Å². The molecule has 20 heavy (non-hydrogen) atoms. The minimum atomic E-state index is -0.00919. The molecule has 2 N–H and O–H groups in total. The Balaban J connectivity index is 1.77. The van der Waals surface area contributed by atoms with E-state index in [1.54, 1.807) is 0 Å². The molecule has 3 aliphatic rings. The maximum Gasteiger partial charge on any atom is 0.0808 e. The van der Waals surface area contributed by atoms with Gasteiger partial charge >= 0.3 is 0 Å². The summed E-state index contributed by atoms with van der Waals surface area (Å²) in [5, 5.41) is 0. The van der Waals surface area contributed by atoms with Gasteiger partial charge in [0, 0.05) is 6.54 Å². The van der Waals surface area contributed by atoms with E-state index in [1.165, 1.54) is 57.8 Å². The number of hydrogen-bond acceptors (Lipinski definition) is 2. The fraction of sp³-hybridized carbons (Fsp3) is 1.00. The minimum Gasteiger partial charge on any atom is -0.370 e. The molecule has 3 atom stereocenters. The standard InChI is InChI=1S/C18H33NO/c1-16(2)14-8-11-17(16,3)15(12-14)20-18(13-19)9-6-4-5-7-10-18/h14-15H,4-13,19H2,1-3H3. The molecular weight excluding hydrogens is 246 g/mol. The molecule has 2 bridgehead atoms. The van der Waals surface area contributed by atoms with Gasteiger partial charge in [0.2, 0.25) is 0 Å². The lowest BCUT2D eigenvalue weighted by Crippen LogP contribution is -2.48. The van der Waals surface area contributed by atoms with Crippen LogP contribution in [0.5, 0.6) is 0 Å². The van der Waals surface area contributed by atoms with Crippen molar-refractivity contribution in [1.29, 1.82) is 0 Å². The van der Waals surface area contributed by atoms with Crippen molar-refractivity contribution < 1.29 is 4.74 Å². The van der Waals surface area contributed by atoms with Gasteiger partial charge in [-0.2, -0.15) is 0 Å². The monoisotopic (exact) mass is 279 g/mol. The molecule has 0 heterocycles. The first-order valence-electron chi connectivity index (χ1n) is 8.81. The van der Waals surface area contributed by atoms with Gasteiger partial charge in [0.1, 0.15) is 0 Å². The SMILES string of the molecule is CC1(C)C2CCC1(C)C(OC1(CN)CCCCCC1)C2. The van der Waals surface area contributed by atoms with Gasteiger partial charge < -0.3 is 10.5 Å². The van der Waals surface area contributed by atoms with Crippen molar-refractivity contribution in [2.24, 2.45) is 22.5 Å². The number of hydrogen-bond donors (Lipinski definition) is 1. The van der Waals surface area contributed by atoms with Crippen LogP contribution in [0.2, 0.25) is 0 Å². The van der Waals surface area contributed by atoms with Gasteiger partial charge in [-0.15, -0.1) is 0 Å². The van der Waals surface area contributed by atoms with Crippen molar-refractivity contribution in [2.45, 2.75) is 90.3 Å². The molecule has 3 saturated carbocycles. The second kappa shape index (κ2) is 4.98. The van der Waals surface area contributed by atoms with Crippen LogP contribution < -0.4 is 5.73 Å². The third-order valence-electron chi connectivity index (χ3n) is 7.49. The molecule has 116 valence electrons. The molecule has 0 aliphatic heterocycles. The zero-order valence-corrected chi connectivity index (χ0v) is 13.7. The first-order valence-corrected chi connectivity index (χ1v) is 8.81. The number of fused-ring (bicyclic) bond motifs is 2. The van der Waals surface area contributed by atoms with E-state index in [9.17, 15) is 0 Å². The van der Waals surface area contributed by atoms with Crippen molar-refractivity contribution in [3.63, 3.8) is 0 Å². The molecule has 0 radical (unpaired) electrons. The fourth-order valence-corrected chi connectivity index (χ4v) is 5.35. The van der Waals surface area contributed by atoms with Crippen molar-refractivity contribution in [3.8, 4) is 0 Å². The number of nitrogens with two attached hydrogens (primary N) is 1. The molecule has 0 spiro atoms. The second-order valence-corrected chi connectivity index (χ2v) is 8.52. The third-order valence-corrected chi connectivity index (χ3v) is 7.49. The Morgan fingerprint density at radius 1 is 1.00 bits per heavy atom. The summed E-state index contributed by atoms with van der Waals surface area (Å²) < 4.78 is 6.82.